The van der Waals surface area contributed by atoms with E-state index < -0.39 is 33.6 Å². The number of phenolic OH excluding ortho intramolecular Hbond substituents is 2. The van der Waals surface area contributed by atoms with Crippen LogP contribution in [-0.4, -0.2) is 61.7 Å². The lowest BCUT2D eigenvalue weighted by atomic mass is 10.0. The molecule has 2 atom stereocenters. The molecule has 0 heterocycles. The van der Waals surface area contributed by atoms with Crippen LogP contribution in [0.3, 0.4) is 0 Å². The molecule has 216 valence electrons. The number of aliphatic carboxylic acids is 1. The van der Waals surface area contributed by atoms with Crippen molar-refractivity contribution in [1.29, 1.82) is 0 Å². The van der Waals surface area contributed by atoms with Crippen molar-refractivity contribution in [3.05, 3.63) is 73.8 Å². The minimum Gasteiger partial charge on any atom is -0.508 e. The first kappa shape index (κ1) is 36.2. The number of hydrogen-bond acceptors (Lipinski definition) is 11. The summed E-state index contributed by atoms with van der Waals surface area (Å²) in [4.78, 5) is 50.0. The number of rotatable bonds is 7. The molecule has 4 N–H and O–H groups in total. The molecule has 2 aromatic carbocycles. The van der Waals surface area contributed by atoms with Crippen molar-refractivity contribution >= 4 is 23.6 Å². The molecule has 39 heavy (non-hydrogen) atoms. The van der Waals surface area contributed by atoms with Crippen LogP contribution in [0.1, 0.15) is 57.6 Å². The highest BCUT2D eigenvalue weighted by atomic mass is 16.9. The molecule has 0 saturated carbocycles. The van der Waals surface area contributed by atoms with Crippen molar-refractivity contribution < 1.29 is 54.4 Å². The number of carbonyl (C=O) groups is 3. The third-order valence-corrected chi connectivity index (χ3v) is 4.35. The van der Waals surface area contributed by atoms with E-state index in [0.717, 1.165) is 12.5 Å². The van der Waals surface area contributed by atoms with Gasteiger partial charge >= 0.3 is 17.6 Å². The van der Waals surface area contributed by atoms with Crippen molar-refractivity contribution in [3.63, 3.8) is 0 Å². The van der Waals surface area contributed by atoms with Crippen molar-refractivity contribution in [3.8, 4) is 11.5 Å². The molecule has 0 bridgehead atoms. The number of aromatic hydroxyl groups is 2. The zero-order valence-electron chi connectivity index (χ0n) is 22.0. The smallest absolute Gasteiger partial charge is 0.313 e. The second-order valence-electron chi connectivity index (χ2n) is 7.30. The van der Waals surface area contributed by atoms with Crippen LogP contribution in [0.2, 0.25) is 0 Å². The molecule has 0 aromatic heterocycles. The fourth-order valence-electron chi connectivity index (χ4n) is 2.57. The van der Waals surface area contributed by atoms with Gasteiger partial charge in [-0.15, -0.1) is 10.1 Å². The van der Waals surface area contributed by atoms with E-state index in [0.29, 0.717) is 12.2 Å². The van der Waals surface area contributed by atoms with Gasteiger partial charge in [-0.3, -0.25) is 24.5 Å². The fourth-order valence-corrected chi connectivity index (χ4v) is 2.57. The van der Waals surface area contributed by atoms with E-state index in [4.69, 9.17) is 34.7 Å². The van der Waals surface area contributed by atoms with Crippen LogP contribution < -0.4 is 0 Å². The maximum absolute atomic E-state index is 11.4. The van der Waals surface area contributed by atoms with E-state index in [9.17, 15) is 29.9 Å². The summed E-state index contributed by atoms with van der Waals surface area (Å²) in [6, 6.07) is 10.4. The third kappa shape index (κ3) is 16.4. The lowest BCUT2D eigenvalue weighted by molar-refractivity contribution is -0.742. The van der Waals surface area contributed by atoms with Crippen LogP contribution >= 0.6 is 0 Å². The minimum absolute atomic E-state index is 0.165. The monoisotopic (exact) mass is 556 g/mol. The molecule has 2 unspecified atom stereocenters. The summed E-state index contributed by atoms with van der Waals surface area (Å²) < 4.78 is 9.70. The molecular weight excluding hydrogens is 524 g/mol. The van der Waals surface area contributed by atoms with Gasteiger partial charge in [0.05, 0.1) is 30.0 Å². The molecule has 15 heteroatoms. The van der Waals surface area contributed by atoms with Gasteiger partial charge in [0.2, 0.25) is 0 Å². The summed E-state index contributed by atoms with van der Waals surface area (Å²) in [5.41, 5.74) is 0.861. The number of esters is 2. The van der Waals surface area contributed by atoms with Crippen LogP contribution in [0.25, 0.3) is 0 Å². The average Bonchev–Trinajstić information content (AvgIpc) is 2.82. The highest BCUT2D eigenvalue weighted by molar-refractivity contribution is 5.78. The molecule has 0 saturated heterocycles. The second kappa shape index (κ2) is 19.2. The SMILES string of the molecule is CC(=O)O.CCOC(=O)C(C)c1ccc([N+](=O)[O-])c(O)c1.CCOC(=O)C(C)c1cccc(O)c1.O=[N+]([O-])O. The van der Waals surface area contributed by atoms with Crippen molar-refractivity contribution in [1.82, 2.24) is 0 Å². The first-order valence-corrected chi connectivity index (χ1v) is 11.2. The topological polar surface area (TPSA) is 237 Å². The van der Waals surface area contributed by atoms with Crippen LogP contribution in [0, 0.1) is 20.2 Å². The Morgan fingerprint density at radius 3 is 1.62 bits per heavy atom. The number of ether oxygens (including phenoxy) is 2. The quantitative estimate of drug-likeness (QED) is 0.216. The molecule has 0 amide bonds. The first-order valence-electron chi connectivity index (χ1n) is 11.2. The first-order chi connectivity index (χ1) is 18.1. The Balaban J connectivity index is 0. The highest BCUT2D eigenvalue weighted by Gasteiger charge is 2.20. The summed E-state index contributed by atoms with van der Waals surface area (Å²) in [6.07, 6.45) is 0. The molecule has 0 spiro atoms. The van der Waals surface area contributed by atoms with Crippen LogP contribution in [0.5, 0.6) is 11.5 Å². The number of nitro groups is 1. The number of carbonyl (C=O) groups excluding carboxylic acids is 2. The molecule has 0 fully saturated rings. The van der Waals surface area contributed by atoms with E-state index in [1.165, 1.54) is 18.2 Å². The van der Waals surface area contributed by atoms with Gasteiger partial charge in [0.1, 0.15) is 5.75 Å². The van der Waals surface area contributed by atoms with Crippen LogP contribution in [0.15, 0.2) is 42.5 Å². The Bertz CT molecular complexity index is 1090. The standard InChI is InChI=1S/C11H13NO5.C11H14O3.C2H4O2.HNO3/c1-3-17-11(14)7(2)8-4-5-9(12(15)16)10(13)6-8;1-3-14-11(13)8(2)9-5-4-6-10(12)7-9;1-2(3)4;2-1(3)4/h4-7,13H,3H2,1-2H3;4-8,12H,3H2,1-2H3;1H3,(H,3,4);(H,2,3,4). The maximum Gasteiger partial charge on any atom is 0.313 e. The maximum atomic E-state index is 11.4. The minimum atomic E-state index is -1.50. The van der Waals surface area contributed by atoms with Crippen molar-refractivity contribution in [2.75, 3.05) is 13.2 Å². The zero-order chi connectivity index (χ0) is 30.7. The van der Waals surface area contributed by atoms with Gasteiger partial charge in [-0.05, 0) is 57.0 Å². The number of nitrogens with zero attached hydrogens (tertiary/aromatic N) is 2. The van der Waals surface area contributed by atoms with Gasteiger partial charge < -0.3 is 30.0 Å². The van der Waals surface area contributed by atoms with Gasteiger partial charge in [0, 0.05) is 13.0 Å². The molecule has 2 aromatic rings. The third-order valence-electron chi connectivity index (χ3n) is 4.35. The molecule has 0 aliphatic rings. The van der Waals surface area contributed by atoms with Gasteiger partial charge in [-0.2, -0.15) is 0 Å². The van der Waals surface area contributed by atoms with Gasteiger partial charge in [0.25, 0.3) is 11.1 Å². The molecule has 0 aliphatic heterocycles. The van der Waals surface area contributed by atoms with Gasteiger partial charge in [0.15, 0.2) is 5.75 Å². The molecule has 0 aliphatic carbocycles. The number of phenols is 2. The molecule has 0 radical (unpaired) electrons. The Morgan fingerprint density at radius 1 is 0.872 bits per heavy atom. The zero-order valence-corrected chi connectivity index (χ0v) is 22.0. The number of carboxylic acids is 1. The number of hydrogen-bond donors (Lipinski definition) is 4. The van der Waals surface area contributed by atoms with Gasteiger partial charge in [-0.1, -0.05) is 18.2 Å². The lowest BCUT2D eigenvalue weighted by Crippen LogP contribution is -2.12. The van der Waals surface area contributed by atoms with E-state index in [1.807, 2.05) is 0 Å². The van der Waals surface area contributed by atoms with Crippen LogP contribution in [0.4, 0.5) is 5.69 Å². The lowest BCUT2D eigenvalue weighted by Gasteiger charge is -2.10. The van der Waals surface area contributed by atoms with Crippen molar-refractivity contribution in [2.45, 2.75) is 46.5 Å². The number of benzene rings is 2. The highest BCUT2D eigenvalue weighted by Crippen LogP contribution is 2.29. The Hall–Kier alpha value is -4.95. The fraction of sp³-hybridized carbons (Fsp3) is 0.375. The molecule has 15 nitrogen and oxygen atoms in total. The Labute approximate surface area is 223 Å². The second-order valence-corrected chi connectivity index (χ2v) is 7.30. The average molecular weight is 557 g/mol. The summed E-state index contributed by atoms with van der Waals surface area (Å²) >= 11 is 0. The van der Waals surface area contributed by atoms with E-state index >= 15 is 0 Å². The Kier molecular flexibility index (Phi) is 17.8. The molecular formula is C24H32N2O13. The van der Waals surface area contributed by atoms with Crippen molar-refractivity contribution in [2.24, 2.45) is 0 Å². The number of carboxylic acid groups (broad SMARTS) is 1. The summed E-state index contributed by atoms with van der Waals surface area (Å²) in [5, 5.41) is 50.2. The summed E-state index contributed by atoms with van der Waals surface area (Å²) in [6.45, 7) is 8.56. The predicted octanol–water partition coefficient (Wildman–Crippen LogP) is 3.77. The summed E-state index contributed by atoms with van der Waals surface area (Å²) in [5.74, 6) is -2.72. The van der Waals surface area contributed by atoms with Gasteiger partial charge in [-0.25, -0.2) is 0 Å². The summed E-state index contributed by atoms with van der Waals surface area (Å²) in [7, 11) is 0. The molecule has 2 rings (SSSR count). The largest absolute Gasteiger partial charge is 0.508 e. The normalized spacial score (nSPS) is 10.8. The Morgan fingerprint density at radius 2 is 1.28 bits per heavy atom. The van der Waals surface area contributed by atoms with E-state index in [2.05, 4.69) is 0 Å². The predicted molar refractivity (Wildman–Crippen MR) is 135 cm³/mol. The van der Waals surface area contributed by atoms with E-state index in [1.54, 1.807) is 52.0 Å². The van der Waals surface area contributed by atoms with E-state index in [-0.39, 0.29) is 29.9 Å². The number of nitro benzene ring substituents is 1. The van der Waals surface area contributed by atoms with Crippen LogP contribution in [-0.2, 0) is 23.9 Å².